The van der Waals surface area contributed by atoms with Crippen LogP contribution in [0.3, 0.4) is 0 Å². The molecule has 1 amide bonds. The molecule has 0 aromatic heterocycles. The van der Waals surface area contributed by atoms with Crippen LogP contribution in [0.5, 0.6) is 5.75 Å². The molecule has 0 radical (unpaired) electrons. The van der Waals surface area contributed by atoms with E-state index in [4.69, 9.17) is 5.73 Å². The maximum atomic E-state index is 13.9. The lowest BCUT2D eigenvalue weighted by atomic mass is 9.52. The number of carbonyl (C=O) groups excluding carboxylic acids is 5. The number of hydrogen-bond donors (Lipinski definition) is 3. The van der Waals surface area contributed by atoms with Gasteiger partial charge in [-0.2, -0.15) is 0 Å². The molecule has 3 aliphatic carbocycles. The number of primary amides is 1. The van der Waals surface area contributed by atoms with Crippen LogP contribution in [0, 0.1) is 23.7 Å². The molecule has 210 valence electrons. The summed E-state index contributed by atoms with van der Waals surface area (Å²) >= 11 is 0. The molecule has 3 aliphatic rings. The fourth-order valence-electron chi connectivity index (χ4n) is 7.08. The number of likely N-dealkylation sites (N-methyl/N-ethyl adjacent to an activating group) is 1. The Labute approximate surface area is 231 Å². The predicted octanol–water partition coefficient (Wildman–Crippen LogP) is 0.596. The van der Waals surface area contributed by atoms with Crippen molar-refractivity contribution in [2.75, 3.05) is 28.2 Å². The Kier molecular flexibility index (Phi) is 6.76. The molecule has 5 rings (SSSR count). The first kappa shape index (κ1) is 27.8. The standard InChI is InChI=1S/C30H33N3O7/c1-32(2)13-14-6-5-7-15(10-14)17-8-9-20(34)22-18(17)11-16-12-19-24(33(3)4)26(36)23(29(31)39)28(38)30(19,40)27(37)21(16)25(22)35/h5-10,16,19,21,23-24,34,40H,11-13H2,1-4H3,(H2,31,39)/t16-,19-,21?,23?,24-,30-/m0/s1. The SMILES string of the molecule is CN(C)Cc1cccc(-c2ccc(O)c3c2C[C@H]2C[C@H]4[C@H](N(C)C)C(=O)C(C(N)=O)C(=O)[C@@]4(O)C(=O)C2C3=O)c1. The molecule has 0 spiro atoms. The Morgan fingerprint density at radius 2 is 1.75 bits per heavy atom. The number of nitrogens with two attached hydrogens (primary N) is 1. The minimum atomic E-state index is -2.73. The molecule has 0 bridgehead atoms. The van der Waals surface area contributed by atoms with E-state index in [2.05, 4.69) is 0 Å². The molecular formula is C30H33N3O7. The van der Waals surface area contributed by atoms with E-state index in [0.29, 0.717) is 12.1 Å². The number of benzene rings is 2. The van der Waals surface area contributed by atoms with Gasteiger partial charge in [-0.25, -0.2) is 0 Å². The normalized spacial score (nSPS) is 29.8. The van der Waals surface area contributed by atoms with E-state index in [1.807, 2.05) is 43.3 Å². The molecule has 2 aromatic rings. The minimum Gasteiger partial charge on any atom is -0.507 e. The van der Waals surface area contributed by atoms with Crippen molar-refractivity contribution in [1.82, 2.24) is 9.80 Å². The van der Waals surface area contributed by atoms with E-state index in [1.165, 1.54) is 11.0 Å². The number of phenols is 1. The summed E-state index contributed by atoms with van der Waals surface area (Å²) < 4.78 is 0. The third-order valence-corrected chi connectivity index (χ3v) is 8.68. The second kappa shape index (κ2) is 9.72. The van der Waals surface area contributed by atoms with Gasteiger partial charge in [0, 0.05) is 12.5 Å². The van der Waals surface area contributed by atoms with E-state index >= 15 is 0 Å². The van der Waals surface area contributed by atoms with E-state index in [1.54, 1.807) is 20.2 Å². The number of ketones is 4. The lowest BCUT2D eigenvalue weighted by molar-refractivity contribution is -0.181. The maximum absolute atomic E-state index is 13.9. The van der Waals surface area contributed by atoms with Gasteiger partial charge in [0.05, 0.1) is 17.5 Å². The van der Waals surface area contributed by atoms with E-state index < -0.39 is 64.4 Å². The zero-order chi connectivity index (χ0) is 29.3. The van der Waals surface area contributed by atoms with E-state index in [9.17, 15) is 34.2 Å². The van der Waals surface area contributed by atoms with Crippen LogP contribution in [0.4, 0.5) is 0 Å². The number of carbonyl (C=O) groups is 5. The average Bonchev–Trinajstić information content (AvgIpc) is 2.85. The highest BCUT2D eigenvalue weighted by Gasteiger charge is 2.69. The second-order valence-corrected chi connectivity index (χ2v) is 11.7. The molecule has 10 heteroatoms. The van der Waals surface area contributed by atoms with Gasteiger partial charge in [0.1, 0.15) is 5.75 Å². The molecular weight excluding hydrogens is 514 g/mol. The highest BCUT2D eigenvalue weighted by Crippen LogP contribution is 2.51. The Hall–Kier alpha value is -3.73. The fourth-order valence-corrected chi connectivity index (χ4v) is 7.08. The first-order valence-corrected chi connectivity index (χ1v) is 13.2. The number of aromatic hydroxyl groups is 1. The van der Waals surface area contributed by atoms with Gasteiger partial charge >= 0.3 is 0 Å². The van der Waals surface area contributed by atoms with Crippen molar-refractivity contribution in [2.24, 2.45) is 29.4 Å². The quantitative estimate of drug-likeness (QED) is 0.456. The molecule has 2 fully saturated rings. The molecule has 0 heterocycles. The van der Waals surface area contributed by atoms with Crippen LogP contribution in [0.2, 0.25) is 0 Å². The molecule has 0 aliphatic heterocycles. The van der Waals surface area contributed by atoms with Crippen molar-refractivity contribution in [3.8, 4) is 16.9 Å². The van der Waals surface area contributed by atoms with Crippen molar-refractivity contribution >= 4 is 29.0 Å². The summed E-state index contributed by atoms with van der Waals surface area (Å²) in [5, 5.41) is 22.5. The molecule has 10 nitrogen and oxygen atoms in total. The van der Waals surface area contributed by atoms with Crippen LogP contribution in [0.1, 0.15) is 27.9 Å². The summed E-state index contributed by atoms with van der Waals surface area (Å²) in [6, 6.07) is 9.86. The largest absolute Gasteiger partial charge is 0.507 e. The van der Waals surface area contributed by atoms with Gasteiger partial charge in [0.25, 0.3) is 0 Å². The van der Waals surface area contributed by atoms with Crippen LogP contribution >= 0.6 is 0 Å². The first-order chi connectivity index (χ1) is 18.8. The zero-order valence-corrected chi connectivity index (χ0v) is 22.9. The predicted molar refractivity (Wildman–Crippen MR) is 144 cm³/mol. The molecule has 0 saturated heterocycles. The molecule has 40 heavy (non-hydrogen) atoms. The van der Waals surface area contributed by atoms with Crippen molar-refractivity contribution < 1.29 is 34.2 Å². The van der Waals surface area contributed by atoms with Gasteiger partial charge in [-0.05, 0) is 81.3 Å². The lowest BCUT2D eigenvalue weighted by Gasteiger charge is -2.52. The maximum Gasteiger partial charge on any atom is 0.235 e. The molecule has 2 saturated carbocycles. The summed E-state index contributed by atoms with van der Waals surface area (Å²) in [4.78, 5) is 70.1. The third-order valence-electron chi connectivity index (χ3n) is 8.68. The first-order valence-electron chi connectivity index (χ1n) is 13.2. The summed E-state index contributed by atoms with van der Waals surface area (Å²) in [5.74, 6) is -10.5. The van der Waals surface area contributed by atoms with Crippen molar-refractivity contribution in [3.63, 3.8) is 0 Å². The smallest absolute Gasteiger partial charge is 0.235 e. The van der Waals surface area contributed by atoms with Crippen molar-refractivity contribution in [1.29, 1.82) is 0 Å². The number of nitrogens with zero attached hydrogens (tertiary/aromatic N) is 2. The monoisotopic (exact) mass is 547 g/mol. The zero-order valence-electron chi connectivity index (χ0n) is 22.9. The third kappa shape index (κ3) is 4.01. The van der Waals surface area contributed by atoms with Crippen molar-refractivity contribution in [3.05, 3.63) is 53.1 Å². The van der Waals surface area contributed by atoms with E-state index in [-0.39, 0.29) is 24.2 Å². The number of hydrogen-bond acceptors (Lipinski definition) is 9. The minimum absolute atomic E-state index is 0.0119. The molecule has 4 N–H and O–H groups in total. The van der Waals surface area contributed by atoms with Crippen LogP contribution in [-0.2, 0) is 32.1 Å². The second-order valence-electron chi connectivity index (χ2n) is 11.7. The Morgan fingerprint density at radius 3 is 2.38 bits per heavy atom. The molecule has 2 aromatic carbocycles. The van der Waals surface area contributed by atoms with Crippen LogP contribution in [0.25, 0.3) is 11.1 Å². The van der Waals surface area contributed by atoms with Gasteiger partial charge in [-0.15, -0.1) is 0 Å². The van der Waals surface area contributed by atoms with Crippen LogP contribution in [-0.4, -0.2) is 88.9 Å². The number of rotatable bonds is 5. The number of aliphatic hydroxyl groups is 1. The summed E-state index contributed by atoms with van der Waals surface area (Å²) in [6.07, 6.45) is 0.229. The number of fused-ring (bicyclic) bond motifs is 3. The number of amides is 1. The summed E-state index contributed by atoms with van der Waals surface area (Å²) in [6.45, 7) is 0.701. The Balaban J connectivity index is 1.63. The molecule has 2 unspecified atom stereocenters. The van der Waals surface area contributed by atoms with Crippen LogP contribution < -0.4 is 5.73 Å². The van der Waals surface area contributed by atoms with Gasteiger partial charge < -0.3 is 20.8 Å². The van der Waals surface area contributed by atoms with E-state index in [0.717, 1.165) is 16.7 Å². The topological polar surface area (TPSA) is 158 Å². The summed E-state index contributed by atoms with van der Waals surface area (Å²) in [5.41, 5.74) is 5.84. The highest BCUT2D eigenvalue weighted by atomic mass is 16.3. The van der Waals surface area contributed by atoms with Gasteiger partial charge in [0.15, 0.2) is 34.7 Å². The highest BCUT2D eigenvalue weighted by molar-refractivity contribution is 6.32. The van der Waals surface area contributed by atoms with Gasteiger partial charge in [-0.3, -0.25) is 28.9 Å². The summed E-state index contributed by atoms with van der Waals surface area (Å²) in [7, 11) is 7.04. The average molecular weight is 548 g/mol. The number of Topliss-reactive ketones (excluding diaryl/α,β-unsaturated/α-hetero) is 4. The Bertz CT molecular complexity index is 1470. The van der Waals surface area contributed by atoms with Crippen molar-refractivity contribution in [2.45, 2.75) is 31.0 Å². The van der Waals surface area contributed by atoms with Gasteiger partial charge in [-0.1, -0.05) is 24.3 Å². The fraction of sp³-hybridized carbons (Fsp3) is 0.433. The lowest BCUT2D eigenvalue weighted by Crippen LogP contribution is -2.74. The number of phenolic OH excluding ortho intramolecular Hbond substituents is 1. The van der Waals surface area contributed by atoms with Gasteiger partial charge in [0.2, 0.25) is 5.91 Å². The van der Waals surface area contributed by atoms with Crippen LogP contribution in [0.15, 0.2) is 36.4 Å². The molecule has 6 atom stereocenters. The Morgan fingerprint density at radius 1 is 1.05 bits per heavy atom.